The minimum absolute atomic E-state index is 0.00457. The third-order valence-electron chi connectivity index (χ3n) is 6.02. The number of halogens is 3. The number of hydrogen-bond acceptors (Lipinski definition) is 7. The normalized spacial score (nSPS) is 13.1. The van der Waals surface area contributed by atoms with E-state index in [4.69, 9.17) is 11.6 Å². The van der Waals surface area contributed by atoms with Crippen molar-refractivity contribution in [2.24, 2.45) is 0 Å². The predicted octanol–water partition coefficient (Wildman–Crippen LogP) is 4.41. The quantitative estimate of drug-likeness (QED) is 0.249. The topological polar surface area (TPSA) is 106 Å². The van der Waals surface area contributed by atoms with Crippen LogP contribution in [-0.4, -0.2) is 40.5 Å². The lowest BCUT2D eigenvalue weighted by Gasteiger charge is -2.25. The van der Waals surface area contributed by atoms with Crippen molar-refractivity contribution in [3.8, 4) is 0 Å². The monoisotopic (exact) mass is 555 g/mol. The lowest BCUT2D eigenvalue weighted by molar-refractivity contribution is -0.124. The average molecular weight is 556 g/mol. The summed E-state index contributed by atoms with van der Waals surface area (Å²) in [4.78, 5) is 25.7. The summed E-state index contributed by atoms with van der Waals surface area (Å²) in [5.41, 5.74) is 8.43. The molecule has 1 heterocycles. The van der Waals surface area contributed by atoms with E-state index in [1.54, 1.807) is 43.3 Å². The number of anilines is 2. The molecule has 8 nitrogen and oxygen atoms in total. The number of carbonyl (C=O) groups excluding carboxylic acids is 2. The zero-order chi connectivity index (χ0) is 28.3. The van der Waals surface area contributed by atoms with Gasteiger partial charge in [-0.25, -0.2) is 8.78 Å². The van der Waals surface area contributed by atoms with Crippen LogP contribution in [0.15, 0.2) is 60.8 Å². The summed E-state index contributed by atoms with van der Waals surface area (Å²) >= 11 is 6.44. The molecule has 0 spiro atoms. The van der Waals surface area contributed by atoms with E-state index in [9.17, 15) is 23.5 Å². The standard InChI is InChI=1S/C28H28ClF2N5O3/c1-16-4-5-17(25-13-36(35-34-25)14-26(38)33-28(2,3)15-37)10-21(16)27(39)20-8-7-19(12-22(20)29)32-24-9-6-18(30)11-23(24)31/h4-13,32,34-35,37H,14-15H2,1-3H3,(H,33,38). The summed E-state index contributed by atoms with van der Waals surface area (Å²) in [5.74, 6) is -2.02. The molecule has 11 heteroatoms. The van der Waals surface area contributed by atoms with Crippen molar-refractivity contribution in [3.05, 3.63) is 99.7 Å². The maximum absolute atomic E-state index is 14.0. The highest BCUT2D eigenvalue weighted by atomic mass is 35.5. The van der Waals surface area contributed by atoms with E-state index in [-0.39, 0.29) is 41.1 Å². The van der Waals surface area contributed by atoms with E-state index in [1.807, 2.05) is 19.1 Å². The summed E-state index contributed by atoms with van der Waals surface area (Å²) in [6.07, 6.45) is 1.70. The van der Waals surface area contributed by atoms with Gasteiger partial charge in [-0.3, -0.25) is 14.6 Å². The van der Waals surface area contributed by atoms with E-state index in [2.05, 4.69) is 21.6 Å². The number of nitrogens with one attached hydrogen (secondary N) is 4. The molecule has 0 fully saturated rings. The van der Waals surface area contributed by atoms with Crippen LogP contribution in [-0.2, 0) is 4.79 Å². The fourth-order valence-electron chi connectivity index (χ4n) is 3.90. The van der Waals surface area contributed by atoms with Gasteiger partial charge < -0.3 is 21.2 Å². The van der Waals surface area contributed by atoms with Crippen molar-refractivity contribution in [2.75, 3.05) is 18.5 Å². The van der Waals surface area contributed by atoms with E-state index >= 15 is 0 Å². The molecule has 0 saturated carbocycles. The molecule has 0 atom stereocenters. The van der Waals surface area contributed by atoms with E-state index in [1.165, 1.54) is 12.1 Å². The summed E-state index contributed by atoms with van der Waals surface area (Å²) < 4.78 is 27.2. The number of carbonyl (C=O) groups is 2. The van der Waals surface area contributed by atoms with Gasteiger partial charge in [-0.1, -0.05) is 23.7 Å². The maximum atomic E-state index is 14.0. The molecule has 3 aromatic carbocycles. The van der Waals surface area contributed by atoms with Gasteiger partial charge in [0.05, 0.1) is 28.6 Å². The Morgan fingerprint density at radius 3 is 2.51 bits per heavy atom. The fraction of sp³-hybridized carbons (Fsp3) is 0.214. The SMILES string of the molecule is Cc1ccc(C2=CN(CC(=O)NC(C)(C)CO)NN2)cc1C(=O)c1ccc(Nc2ccc(F)cc2F)cc1Cl. The second-order valence-electron chi connectivity index (χ2n) is 9.80. The van der Waals surface area contributed by atoms with Gasteiger partial charge in [-0.2, -0.15) is 0 Å². The Labute approximate surface area is 229 Å². The van der Waals surface area contributed by atoms with Crippen molar-refractivity contribution in [3.63, 3.8) is 0 Å². The number of hydrazine groups is 2. The van der Waals surface area contributed by atoms with Crippen LogP contribution in [0.1, 0.15) is 40.9 Å². The van der Waals surface area contributed by atoms with Crippen molar-refractivity contribution >= 4 is 40.4 Å². The van der Waals surface area contributed by atoms with Gasteiger partial charge in [0, 0.05) is 34.6 Å². The molecule has 39 heavy (non-hydrogen) atoms. The largest absolute Gasteiger partial charge is 0.394 e. The maximum Gasteiger partial charge on any atom is 0.241 e. The molecule has 1 amide bonds. The first-order valence-corrected chi connectivity index (χ1v) is 12.4. The predicted molar refractivity (Wildman–Crippen MR) is 146 cm³/mol. The zero-order valence-corrected chi connectivity index (χ0v) is 22.3. The smallest absolute Gasteiger partial charge is 0.241 e. The molecule has 0 unspecified atom stereocenters. The van der Waals surface area contributed by atoms with Crippen molar-refractivity contribution in [1.29, 1.82) is 0 Å². The molecular weight excluding hydrogens is 528 g/mol. The highest BCUT2D eigenvalue weighted by Crippen LogP contribution is 2.29. The zero-order valence-electron chi connectivity index (χ0n) is 21.5. The van der Waals surface area contributed by atoms with Crippen LogP contribution >= 0.6 is 11.6 Å². The van der Waals surface area contributed by atoms with Crippen LogP contribution in [0, 0.1) is 18.6 Å². The lowest BCUT2D eigenvalue weighted by atomic mass is 9.96. The number of aliphatic hydroxyl groups excluding tert-OH is 1. The first kappa shape index (κ1) is 28.0. The summed E-state index contributed by atoms with van der Waals surface area (Å²) in [5, 5.41) is 16.6. The Kier molecular flexibility index (Phi) is 8.19. The van der Waals surface area contributed by atoms with Crippen LogP contribution in [0.2, 0.25) is 5.02 Å². The molecule has 1 aliphatic rings. The molecule has 4 rings (SSSR count). The second kappa shape index (κ2) is 11.4. The Bertz CT molecular complexity index is 1460. The van der Waals surface area contributed by atoms with Gasteiger partial charge in [-0.15, -0.1) is 5.53 Å². The average Bonchev–Trinajstić information content (AvgIpc) is 3.33. The van der Waals surface area contributed by atoms with Gasteiger partial charge >= 0.3 is 0 Å². The number of nitrogens with zero attached hydrogens (tertiary/aromatic N) is 1. The van der Waals surface area contributed by atoms with Crippen LogP contribution in [0.4, 0.5) is 20.2 Å². The van der Waals surface area contributed by atoms with Crippen LogP contribution < -0.4 is 21.6 Å². The third kappa shape index (κ3) is 6.72. The molecule has 0 saturated heterocycles. The first-order chi connectivity index (χ1) is 18.5. The van der Waals surface area contributed by atoms with Crippen LogP contribution in [0.3, 0.4) is 0 Å². The van der Waals surface area contributed by atoms with Gasteiger partial charge in [0.2, 0.25) is 5.91 Å². The molecule has 0 aliphatic carbocycles. The van der Waals surface area contributed by atoms with Gasteiger partial charge in [0.15, 0.2) is 5.78 Å². The first-order valence-electron chi connectivity index (χ1n) is 12.0. The Morgan fingerprint density at radius 2 is 1.82 bits per heavy atom. The van der Waals surface area contributed by atoms with Crippen molar-refractivity contribution in [2.45, 2.75) is 26.3 Å². The minimum Gasteiger partial charge on any atom is -0.394 e. The van der Waals surface area contributed by atoms with E-state index in [0.717, 1.165) is 17.7 Å². The molecule has 5 N–H and O–H groups in total. The lowest BCUT2D eigenvalue weighted by Crippen LogP contribution is -2.51. The summed E-state index contributed by atoms with van der Waals surface area (Å²) in [6.45, 7) is 5.05. The Morgan fingerprint density at radius 1 is 1.05 bits per heavy atom. The number of ketones is 1. The van der Waals surface area contributed by atoms with Gasteiger partial charge in [-0.05, 0) is 62.7 Å². The molecule has 0 aromatic heterocycles. The highest BCUT2D eigenvalue weighted by Gasteiger charge is 2.23. The number of aliphatic hydroxyl groups is 1. The fourth-order valence-corrected chi connectivity index (χ4v) is 4.16. The Balaban J connectivity index is 1.50. The summed E-state index contributed by atoms with van der Waals surface area (Å²) in [6, 6.07) is 13.2. The number of amides is 1. The van der Waals surface area contributed by atoms with Crippen LogP contribution in [0.5, 0.6) is 0 Å². The van der Waals surface area contributed by atoms with E-state index < -0.39 is 17.2 Å². The van der Waals surface area contributed by atoms with E-state index in [0.29, 0.717) is 22.5 Å². The third-order valence-corrected chi connectivity index (χ3v) is 6.34. The molecule has 1 aliphatic heterocycles. The molecule has 204 valence electrons. The number of benzene rings is 3. The number of hydrogen-bond donors (Lipinski definition) is 5. The minimum atomic E-state index is -0.753. The second-order valence-corrected chi connectivity index (χ2v) is 10.2. The Hall–Kier alpha value is -3.99. The van der Waals surface area contributed by atoms with Gasteiger partial charge in [0.1, 0.15) is 18.2 Å². The molecule has 3 aromatic rings. The van der Waals surface area contributed by atoms with Crippen molar-refractivity contribution < 1.29 is 23.5 Å². The van der Waals surface area contributed by atoms with Gasteiger partial charge in [0.25, 0.3) is 0 Å². The molecule has 0 bridgehead atoms. The summed E-state index contributed by atoms with van der Waals surface area (Å²) in [7, 11) is 0. The highest BCUT2D eigenvalue weighted by molar-refractivity contribution is 6.35. The van der Waals surface area contributed by atoms with Crippen LogP contribution in [0.25, 0.3) is 5.70 Å². The number of rotatable bonds is 9. The molecular formula is C28H28ClF2N5O3. The molecule has 0 radical (unpaired) electrons. The van der Waals surface area contributed by atoms with Crippen molar-refractivity contribution in [1.82, 2.24) is 21.3 Å². The number of aryl methyl sites for hydroxylation is 1.